The van der Waals surface area contributed by atoms with Gasteiger partial charge in [0, 0.05) is 19.6 Å². The molecule has 5 heteroatoms. The van der Waals surface area contributed by atoms with Crippen molar-refractivity contribution in [3.05, 3.63) is 0 Å². The molecule has 2 saturated heterocycles. The van der Waals surface area contributed by atoms with Crippen LogP contribution in [0.15, 0.2) is 0 Å². The maximum absolute atomic E-state index is 12.4. The van der Waals surface area contributed by atoms with Crippen molar-refractivity contribution in [3.63, 3.8) is 0 Å². The number of piperidine rings is 1. The Hall–Kier alpha value is -1.10. The van der Waals surface area contributed by atoms with Crippen LogP contribution in [0.4, 0.5) is 0 Å². The van der Waals surface area contributed by atoms with Crippen LogP contribution in [-0.4, -0.2) is 48.9 Å². The minimum atomic E-state index is -0.0223. The molecule has 0 radical (unpaired) electrons. The fraction of sp³-hybridized carbons (Fsp3) is 0.867. The average Bonchev–Trinajstić information content (AvgIpc) is 3.01. The van der Waals surface area contributed by atoms with Gasteiger partial charge < -0.3 is 15.5 Å². The minimum absolute atomic E-state index is 0.0168. The molecule has 0 aromatic rings. The molecule has 0 aromatic heterocycles. The zero-order valence-electron chi connectivity index (χ0n) is 12.5. The Morgan fingerprint density at radius 3 is 2.85 bits per heavy atom. The molecule has 0 saturated carbocycles. The number of amides is 2. The van der Waals surface area contributed by atoms with Crippen molar-refractivity contribution < 1.29 is 9.59 Å². The quantitative estimate of drug-likeness (QED) is 0.736. The van der Waals surface area contributed by atoms with Gasteiger partial charge in [0.1, 0.15) is 0 Å². The lowest BCUT2D eigenvalue weighted by Crippen LogP contribution is -2.50. The van der Waals surface area contributed by atoms with Crippen LogP contribution in [0.2, 0.25) is 0 Å². The molecule has 20 heavy (non-hydrogen) atoms. The first-order valence-corrected chi connectivity index (χ1v) is 8.02. The Morgan fingerprint density at radius 1 is 1.30 bits per heavy atom. The van der Waals surface area contributed by atoms with Crippen molar-refractivity contribution in [2.24, 2.45) is 5.92 Å². The van der Waals surface area contributed by atoms with Crippen molar-refractivity contribution in [3.8, 4) is 0 Å². The predicted octanol–water partition coefficient (Wildman–Crippen LogP) is 0.893. The fourth-order valence-corrected chi connectivity index (χ4v) is 3.04. The van der Waals surface area contributed by atoms with E-state index in [1.807, 2.05) is 4.90 Å². The number of carbonyl (C=O) groups is 2. The minimum Gasteiger partial charge on any atom is -0.356 e. The lowest BCUT2D eigenvalue weighted by Gasteiger charge is -2.33. The Kier molecular flexibility index (Phi) is 5.83. The average molecular weight is 281 g/mol. The Morgan fingerprint density at radius 2 is 2.15 bits per heavy atom. The second-order valence-electron chi connectivity index (χ2n) is 5.92. The van der Waals surface area contributed by atoms with Crippen molar-refractivity contribution in [1.29, 1.82) is 0 Å². The maximum atomic E-state index is 12.4. The smallest absolute Gasteiger partial charge is 0.239 e. The first-order chi connectivity index (χ1) is 9.72. The molecule has 2 N–H and O–H groups in total. The molecule has 0 bridgehead atoms. The van der Waals surface area contributed by atoms with E-state index >= 15 is 0 Å². The molecule has 2 rings (SSSR count). The predicted molar refractivity (Wildman–Crippen MR) is 78.2 cm³/mol. The summed E-state index contributed by atoms with van der Waals surface area (Å²) in [6, 6.07) is -0.0168. The first kappa shape index (κ1) is 15.3. The summed E-state index contributed by atoms with van der Waals surface area (Å²) in [5.41, 5.74) is 0. The van der Waals surface area contributed by atoms with Crippen LogP contribution in [0, 0.1) is 5.92 Å². The molecule has 2 unspecified atom stereocenters. The van der Waals surface area contributed by atoms with Crippen LogP contribution in [0.25, 0.3) is 0 Å². The molecule has 2 aliphatic heterocycles. The Bertz CT molecular complexity index is 340. The number of carbonyl (C=O) groups excluding carboxylic acids is 2. The van der Waals surface area contributed by atoms with Gasteiger partial charge in [-0.2, -0.15) is 0 Å². The largest absolute Gasteiger partial charge is 0.356 e. The van der Waals surface area contributed by atoms with Gasteiger partial charge in [-0.15, -0.1) is 0 Å². The van der Waals surface area contributed by atoms with Gasteiger partial charge in [0.2, 0.25) is 11.8 Å². The van der Waals surface area contributed by atoms with Crippen molar-refractivity contribution in [1.82, 2.24) is 15.5 Å². The van der Waals surface area contributed by atoms with E-state index in [1.54, 1.807) is 0 Å². The van der Waals surface area contributed by atoms with Crippen LogP contribution in [-0.2, 0) is 9.59 Å². The molecule has 2 amide bonds. The van der Waals surface area contributed by atoms with Crippen LogP contribution in [0.1, 0.15) is 45.4 Å². The standard InChI is InChI=1S/C15H27N3O2/c1-2-3-8-17-14(19)12-6-5-10-18(11-12)15(20)13-7-4-9-16-13/h12-13,16H,2-11H2,1H3,(H,17,19). The second kappa shape index (κ2) is 7.62. The van der Waals surface area contributed by atoms with E-state index < -0.39 is 0 Å². The third-order valence-corrected chi connectivity index (χ3v) is 4.29. The van der Waals surface area contributed by atoms with E-state index in [4.69, 9.17) is 0 Å². The topological polar surface area (TPSA) is 61.4 Å². The summed E-state index contributed by atoms with van der Waals surface area (Å²) in [6.45, 7) is 5.20. The van der Waals surface area contributed by atoms with Crippen LogP contribution >= 0.6 is 0 Å². The van der Waals surface area contributed by atoms with E-state index in [1.165, 1.54) is 0 Å². The summed E-state index contributed by atoms with van der Waals surface area (Å²) >= 11 is 0. The van der Waals surface area contributed by atoms with Crippen LogP contribution in [0.5, 0.6) is 0 Å². The summed E-state index contributed by atoms with van der Waals surface area (Å²) in [4.78, 5) is 26.3. The third kappa shape index (κ3) is 3.95. The summed E-state index contributed by atoms with van der Waals surface area (Å²) < 4.78 is 0. The van der Waals surface area contributed by atoms with Gasteiger partial charge in [0.25, 0.3) is 0 Å². The molecule has 2 atom stereocenters. The highest BCUT2D eigenvalue weighted by molar-refractivity contribution is 5.84. The number of rotatable bonds is 5. The zero-order chi connectivity index (χ0) is 14.4. The van der Waals surface area contributed by atoms with Gasteiger partial charge in [0.05, 0.1) is 12.0 Å². The van der Waals surface area contributed by atoms with E-state index in [2.05, 4.69) is 17.6 Å². The molecule has 5 nitrogen and oxygen atoms in total. The van der Waals surface area contributed by atoms with Gasteiger partial charge in [0.15, 0.2) is 0 Å². The molecular formula is C15H27N3O2. The zero-order valence-corrected chi connectivity index (χ0v) is 12.5. The second-order valence-corrected chi connectivity index (χ2v) is 5.92. The van der Waals surface area contributed by atoms with Crippen molar-refractivity contribution >= 4 is 11.8 Å². The number of hydrogen-bond acceptors (Lipinski definition) is 3. The Labute approximate surface area is 121 Å². The van der Waals surface area contributed by atoms with Crippen LogP contribution in [0.3, 0.4) is 0 Å². The number of nitrogens with one attached hydrogen (secondary N) is 2. The van der Waals surface area contributed by atoms with Gasteiger partial charge in [-0.3, -0.25) is 9.59 Å². The summed E-state index contributed by atoms with van der Waals surface area (Å²) in [7, 11) is 0. The van der Waals surface area contributed by atoms with Gasteiger partial charge in [-0.25, -0.2) is 0 Å². The van der Waals surface area contributed by atoms with Crippen molar-refractivity contribution in [2.45, 2.75) is 51.5 Å². The molecule has 2 fully saturated rings. The maximum Gasteiger partial charge on any atom is 0.239 e. The monoisotopic (exact) mass is 281 g/mol. The molecule has 0 spiro atoms. The Balaban J connectivity index is 1.81. The van der Waals surface area contributed by atoms with Gasteiger partial charge in [-0.1, -0.05) is 13.3 Å². The lowest BCUT2D eigenvalue weighted by molar-refractivity contribution is -0.137. The highest BCUT2D eigenvalue weighted by Gasteiger charge is 2.32. The third-order valence-electron chi connectivity index (χ3n) is 4.29. The fourth-order valence-electron chi connectivity index (χ4n) is 3.04. The molecular weight excluding hydrogens is 254 g/mol. The lowest BCUT2D eigenvalue weighted by atomic mass is 9.96. The van der Waals surface area contributed by atoms with E-state index in [0.717, 1.165) is 58.2 Å². The molecule has 0 aromatic carbocycles. The number of hydrogen-bond donors (Lipinski definition) is 2. The van der Waals surface area contributed by atoms with Gasteiger partial charge in [-0.05, 0) is 38.6 Å². The molecule has 0 aliphatic carbocycles. The summed E-state index contributed by atoms with van der Waals surface area (Å²) in [5, 5.41) is 6.24. The number of likely N-dealkylation sites (tertiary alicyclic amines) is 1. The highest BCUT2D eigenvalue weighted by atomic mass is 16.2. The van der Waals surface area contributed by atoms with E-state index in [0.29, 0.717) is 6.54 Å². The summed E-state index contributed by atoms with van der Waals surface area (Å²) in [5.74, 6) is 0.287. The number of nitrogens with zero attached hydrogens (tertiary/aromatic N) is 1. The highest BCUT2D eigenvalue weighted by Crippen LogP contribution is 2.19. The first-order valence-electron chi connectivity index (χ1n) is 8.02. The van der Waals surface area contributed by atoms with E-state index in [9.17, 15) is 9.59 Å². The van der Waals surface area contributed by atoms with Crippen molar-refractivity contribution in [2.75, 3.05) is 26.2 Å². The molecule has 2 heterocycles. The summed E-state index contributed by atoms with van der Waals surface area (Å²) in [6.07, 6.45) is 5.95. The molecule has 114 valence electrons. The van der Waals surface area contributed by atoms with E-state index in [-0.39, 0.29) is 23.8 Å². The normalized spacial score (nSPS) is 26.6. The number of unbranched alkanes of at least 4 members (excludes halogenated alkanes) is 1. The molecule has 2 aliphatic rings. The van der Waals surface area contributed by atoms with Gasteiger partial charge >= 0.3 is 0 Å². The SMILES string of the molecule is CCCCNC(=O)C1CCCN(C(=O)C2CCCN2)C1. The van der Waals surface area contributed by atoms with Crippen LogP contribution < -0.4 is 10.6 Å².